The van der Waals surface area contributed by atoms with Gasteiger partial charge in [0.05, 0.1) is 0 Å². The van der Waals surface area contributed by atoms with Gasteiger partial charge in [0.2, 0.25) is 0 Å². The molecule has 1 saturated carbocycles. The minimum atomic E-state index is 0.391. The summed E-state index contributed by atoms with van der Waals surface area (Å²) in [4.78, 5) is 0. The molecule has 2 heteroatoms. The van der Waals surface area contributed by atoms with Crippen molar-refractivity contribution in [1.29, 1.82) is 0 Å². The highest BCUT2D eigenvalue weighted by Crippen LogP contribution is 2.29. The van der Waals surface area contributed by atoms with E-state index in [-0.39, 0.29) is 0 Å². The fourth-order valence-corrected chi connectivity index (χ4v) is 2.07. The average molecular weight is 168 g/mol. The molecule has 70 valence electrons. The van der Waals surface area contributed by atoms with Gasteiger partial charge in [-0.2, -0.15) is 0 Å². The van der Waals surface area contributed by atoms with Crippen molar-refractivity contribution in [1.82, 2.24) is 10.6 Å². The van der Waals surface area contributed by atoms with Crippen LogP contribution in [0.15, 0.2) is 0 Å². The Kier molecular flexibility index (Phi) is 2.13. The first-order valence-electron chi connectivity index (χ1n) is 5.18. The van der Waals surface area contributed by atoms with Crippen LogP contribution < -0.4 is 10.6 Å². The van der Waals surface area contributed by atoms with Crippen LogP contribution in [0.5, 0.6) is 0 Å². The highest BCUT2D eigenvalue weighted by atomic mass is 15.1. The molecule has 0 amide bonds. The van der Waals surface area contributed by atoms with Gasteiger partial charge in [-0.1, -0.05) is 6.92 Å². The SMILES string of the molecule is CC1CC1NCC1(C)CCCN1. The quantitative estimate of drug-likeness (QED) is 0.660. The molecule has 0 aromatic carbocycles. The van der Waals surface area contributed by atoms with E-state index in [0.29, 0.717) is 5.54 Å². The van der Waals surface area contributed by atoms with Crippen LogP contribution in [0.25, 0.3) is 0 Å². The average Bonchev–Trinajstić information content (AvgIpc) is 2.55. The summed E-state index contributed by atoms with van der Waals surface area (Å²) >= 11 is 0. The second-order valence-electron chi connectivity index (χ2n) is 4.79. The Hall–Kier alpha value is -0.0800. The van der Waals surface area contributed by atoms with E-state index in [9.17, 15) is 0 Å². The number of nitrogens with one attached hydrogen (secondary N) is 2. The highest BCUT2D eigenvalue weighted by Gasteiger charge is 2.35. The molecule has 3 unspecified atom stereocenters. The molecule has 2 aliphatic rings. The fraction of sp³-hybridized carbons (Fsp3) is 1.00. The lowest BCUT2D eigenvalue weighted by Gasteiger charge is -2.24. The maximum absolute atomic E-state index is 3.63. The maximum Gasteiger partial charge on any atom is 0.0278 e. The van der Waals surface area contributed by atoms with Crippen molar-refractivity contribution >= 4 is 0 Å². The summed E-state index contributed by atoms with van der Waals surface area (Å²) in [5.74, 6) is 0.926. The largest absolute Gasteiger partial charge is 0.312 e. The Morgan fingerprint density at radius 3 is 2.83 bits per heavy atom. The van der Waals surface area contributed by atoms with Crippen LogP contribution in [0.2, 0.25) is 0 Å². The van der Waals surface area contributed by atoms with Gasteiger partial charge in [-0.05, 0) is 38.6 Å². The van der Waals surface area contributed by atoms with Crippen LogP contribution in [-0.2, 0) is 0 Å². The summed E-state index contributed by atoms with van der Waals surface area (Å²) in [5, 5.41) is 7.19. The summed E-state index contributed by atoms with van der Waals surface area (Å²) in [6.07, 6.45) is 4.07. The number of hydrogen-bond acceptors (Lipinski definition) is 2. The minimum absolute atomic E-state index is 0.391. The zero-order valence-electron chi connectivity index (χ0n) is 8.19. The number of rotatable bonds is 3. The van der Waals surface area contributed by atoms with Crippen molar-refractivity contribution in [2.24, 2.45) is 5.92 Å². The van der Waals surface area contributed by atoms with Crippen LogP contribution >= 0.6 is 0 Å². The first kappa shape index (κ1) is 8.52. The summed E-state index contributed by atoms with van der Waals surface area (Å²) in [6, 6.07) is 0.823. The first-order valence-corrected chi connectivity index (χ1v) is 5.18. The van der Waals surface area contributed by atoms with Crippen molar-refractivity contribution < 1.29 is 0 Å². The first-order chi connectivity index (χ1) is 5.70. The molecule has 0 spiro atoms. The molecule has 2 nitrogen and oxygen atoms in total. The molecule has 1 aliphatic carbocycles. The van der Waals surface area contributed by atoms with Crippen molar-refractivity contribution in [2.45, 2.75) is 44.7 Å². The molecule has 0 aromatic heterocycles. The van der Waals surface area contributed by atoms with Crippen LogP contribution in [-0.4, -0.2) is 24.7 Å². The monoisotopic (exact) mass is 168 g/mol. The third-order valence-corrected chi connectivity index (χ3v) is 3.32. The lowest BCUT2D eigenvalue weighted by molar-refractivity contribution is 0.381. The Balaban J connectivity index is 1.71. The van der Waals surface area contributed by atoms with Crippen molar-refractivity contribution in [2.75, 3.05) is 13.1 Å². The third-order valence-electron chi connectivity index (χ3n) is 3.32. The molecule has 1 aliphatic heterocycles. The van der Waals surface area contributed by atoms with E-state index in [0.717, 1.165) is 18.5 Å². The van der Waals surface area contributed by atoms with Gasteiger partial charge < -0.3 is 10.6 Å². The minimum Gasteiger partial charge on any atom is -0.312 e. The topological polar surface area (TPSA) is 24.1 Å². The van der Waals surface area contributed by atoms with Gasteiger partial charge in [-0.25, -0.2) is 0 Å². The van der Waals surface area contributed by atoms with E-state index < -0.39 is 0 Å². The zero-order valence-corrected chi connectivity index (χ0v) is 8.19. The summed E-state index contributed by atoms with van der Waals surface area (Å²) in [5.41, 5.74) is 0.391. The highest BCUT2D eigenvalue weighted by molar-refractivity contribution is 4.96. The van der Waals surface area contributed by atoms with Gasteiger partial charge in [0.25, 0.3) is 0 Å². The Labute approximate surface area is 75.1 Å². The molecule has 0 radical (unpaired) electrons. The molecule has 2 fully saturated rings. The summed E-state index contributed by atoms with van der Waals surface area (Å²) in [6.45, 7) is 7.02. The molecule has 2 rings (SSSR count). The maximum atomic E-state index is 3.63. The summed E-state index contributed by atoms with van der Waals surface area (Å²) in [7, 11) is 0. The van der Waals surface area contributed by atoms with E-state index in [2.05, 4.69) is 24.5 Å². The van der Waals surface area contributed by atoms with Crippen molar-refractivity contribution in [3.8, 4) is 0 Å². The van der Waals surface area contributed by atoms with Gasteiger partial charge in [0.15, 0.2) is 0 Å². The van der Waals surface area contributed by atoms with Crippen molar-refractivity contribution in [3.63, 3.8) is 0 Å². The van der Waals surface area contributed by atoms with E-state index in [1.54, 1.807) is 0 Å². The molecule has 3 atom stereocenters. The van der Waals surface area contributed by atoms with Crippen LogP contribution in [0.3, 0.4) is 0 Å². The normalized spacial score (nSPS) is 46.5. The standard InChI is InChI=1S/C10H20N2/c1-8-6-9(8)11-7-10(2)4-3-5-12-10/h8-9,11-12H,3-7H2,1-2H3. The zero-order chi connectivity index (χ0) is 8.60. The molecular weight excluding hydrogens is 148 g/mol. The van der Waals surface area contributed by atoms with E-state index in [1.807, 2.05) is 0 Å². The predicted molar refractivity (Wildman–Crippen MR) is 51.2 cm³/mol. The molecule has 0 bridgehead atoms. The fourth-order valence-electron chi connectivity index (χ4n) is 2.07. The van der Waals surface area contributed by atoms with Gasteiger partial charge in [-0.15, -0.1) is 0 Å². The molecular formula is C10H20N2. The van der Waals surface area contributed by atoms with E-state index >= 15 is 0 Å². The van der Waals surface area contributed by atoms with Gasteiger partial charge in [0, 0.05) is 18.1 Å². The smallest absolute Gasteiger partial charge is 0.0278 e. The van der Waals surface area contributed by atoms with Gasteiger partial charge >= 0.3 is 0 Å². The van der Waals surface area contributed by atoms with Crippen LogP contribution in [0, 0.1) is 5.92 Å². The second-order valence-corrected chi connectivity index (χ2v) is 4.79. The Morgan fingerprint density at radius 1 is 1.58 bits per heavy atom. The van der Waals surface area contributed by atoms with Crippen LogP contribution in [0.1, 0.15) is 33.1 Å². The van der Waals surface area contributed by atoms with E-state index in [4.69, 9.17) is 0 Å². The predicted octanol–water partition coefficient (Wildman–Crippen LogP) is 1.13. The number of hydrogen-bond donors (Lipinski definition) is 2. The molecule has 2 N–H and O–H groups in total. The Morgan fingerprint density at radius 2 is 2.33 bits per heavy atom. The third kappa shape index (κ3) is 1.80. The second kappa shape index (κ2) is 3.00. The van der Waals surface area contributed by atoms with Gasteiger partial charge in [-0.3, -0.25) is 0 Å². The van der Waals surface area contributed by atoms with E-state index in [1.165, 1.54) is 25.8 Å². The lowest BCUT2D eigenvalue weighted by atomic mass is 10.0. The molecule has 1 heterocycles. The molecule has 12 heavy (non-hydrogen) atoms. The van der Waals surface area contributed by atoms with Crippen LogP contribution in [0.4, 0.5) is 0 Å². The van der Waals surface area contributed by atoms with Crippen molar-refractivity contribution in [3.05, 3.63) is 0 Å². The molecule has 0 aromatic rings. The Bertz CT molecular complexity index is 161. The lowest BCUT2D eigenvalue weighted by Crippen LogP contribution is -2.46. The molecule has 1 saturated heterocycles. The van der Waals surface area contributed by atoms with Gasteiger partial charge in [0.1, 0.15) is 0 Å². The summed E-state index contributed by atoms with van der Waals surface area (Å²) < 4.78 is 0.